The van der Waals surface area contributed by atoms with Gasteiger partial charge in [-0.25, -0.2) is 0 Å². The molecule has 0 atom stereocenters. The third-order valence-electron chi connectivity index (χ3n) is 2.63. The van der Waals surface area contributed by atoms with Crippen LogP contribution in [0.25, 0.3) is 0 Å². The summed E-state index contributed by atoms with van der Waals surface area (Å²) in [5, 5.41) is 11.1. The van der Waals surface area contributed by atoms with Gasteiger partial charge in [0.15, 0.2) is 0 Å². The van der Waals surface area contributed by atoms with Crippen molar-refractivity contribution in [3.63, 3.8) is 0 Å². The molecule has 2 rings (SSSR count). The third-order valence-corrected chi connectivity index (χ3v) is 2.98. The van der Waals surface area contributed by atoms with E-state index < -0.39 is 16.7 Å². The molecule has 18 heavy (non-hydrogen) atoms. The second-order valence-electron chi connectivity index (χ2n) is 3.80. The number of primary amides is 1. The monoisotopic (exact) mass is 269 g/mol. The van der Waals surface area contributed by atoms with Crippen LogP contribution >= 0.6 is 11.6 Å². The van der Waals surface area contributed by atoms with Crippen molar-refractivity contribution in [3.05, 3.63) is 38.4 Å². The van der Waals surface area contributed by atoms with Gasteiger partial charge in [-0.3, -0.25) is 19.7 Å². The number of carbonyl (C=O) groups is 2. The van der Waals surface area contributed by atoms with E-state index in [0.717, 1.165) is 4.90 Å². The highest BCUT2D eigenvalue weighted by Gasteiger charge is 2.36. The normalized spacial score (nSPS) is 13.6. The first kappa shape index (κ1) is 12.3. The van der Waals surface area contributed by atoms with Crippen LogP contribution in [-0.4, -0.2) is 28.2 Å². The Morgan fingerprint density at radius 3 is 2.78 bits per heavy atom. The molecular weight excluding hydrogens is 262 g/mol. The number of hydrogen-bond donors (Lipinski definition) is 1. The number of amides is 2. The van der Waals surface area contributed by atoms with Gasteiger partial charge >= 0.3 is 0 Å². The maximum Gasteiger partial charge on any atom is 0.282 e. The molecule has 1 aromatic carbocycles. The number of nitro groups is 1. The molecule has 1 aromatic rings. The summed E-state index contributed by atoms with van der Waals surface area (Å²) >= 11 is 5.90. The predicted molar refractivity (Wildman–Crippen MR) is 62.0 cm³/mol. The van der Waals surface area contributed by atoms with Gasteiger partial charge in [-0.1, -0.05) is 11.6 Å². The number of nitrogens with two attached hydrogens (primary N) is 1. The van der Waals surface area contributed by atoms with E-state index in [4.69, 9.17) is 17.3 Å². The number of benzene rings is 1. The van der Waals surface area contributed by atoms with Gasteiger partial charge in [-0.05, 0) is 6.07 Å². The average Bonchev–Trinajstić information content (AvgIpc) is 2.58. The van der Waals surface area contributed by atoms with Crippen LogP contribution in [0.3, 0.4) is 0 Å². The summed E-state index contributed by atoms with van der Waals surface area (Å²) in [4.78, 5) is 34.1. The van der Waals surface area contributed by atoms with Crippen molar-refractivity contribution in [2.75, 3.05) is 6.54 Å². The average molecular weight is 270 g/mol. The van der Waals surface area contributed by atoms with E-state index in [9.17, 15) is 19.7 Å². The van der Waals surface area contributed by atoms with Crippen molar-refractivity contribution in [3.8, 4) is 0 Å². The van der Waals surface area contributed by atoms with Gasteiger partial charge in [0.25, 0.3) is 11.6 Å². The number of hydrogen-bond acceptors (Lipinski definition) is 4. The van der Waals surface area contributed by atoms with Crippen LogP contribution in [-0.2, 0) is 11.3 Å². The van der Waals surface area contributed by atoms with Crippen molar-refractivity contribution in [2.45, 2.75) is 6.54 Å². The molecule has 94 valence electrons. The van der Waals surface area contributed by atoms with Gasteiger partial charge in [-0.15, -0.1) is 0 Å². The molecule has 2 N–H and O–H groups in total. The van der Waals surface area contributed by atoms with E-state index in [-0.39, 0.29) is 29.4 Å². The first-order valence-electron chi connectivity index (χ1n) is 4.95. The molecule has 0 fully saturated rings. The molecule has 1 aliphatic rings. The van der Waals surface area contributed by atoms with Gasteiger partial charge in [-0.2, -0.15) is 0 Å². The van der Waals surface area contributed by atoms with Crippen LogP contribution in [0, 0.1) is 10.1 Å². The fourth-order valence-electron chi connectivity index (χ4n) is 1.89. The van der Waals surface area contributed by atoms with E-state index in [2.05, 4.69) is 0 Å². The molecule has 0 saturated carbocycles. The molecule has 0 spiro atoms. The lowest BCUT2D eigenvalue weighted by Crippen LogP contribution is -2.33. The Bertz CT molecular complexity index is 572. The fourth-order valence-corrected chi connectivity index (χ4v) is 2.11. The molecule has 1 heterocycles. The summed E-state index contributed by atoms with van der Waals surface area (Å²) in [6.45, 7) is -0.237. The van der Waals surface area contributed by atoms with Gasteiger partial charge < -0.3 is 10.6 Å². The minimum Gasteiger partial charge on any atom is -0.368 e. The van der Waals surface area contributed by atoms with E-state index in [1.807, 2.05) is 0 Å². The molecule has 0 aromatic heterocycles. The maximum atomic E-state index is 12.0. The lowest BCUT2D eigenvalue weighted by molar-refractivity contribution is -0.385. The number of nitro benzene ring substituents is 1. The van der Waals surface area contributed by atoms with Gasteiger partial charge in [0.05, 0.1) is 11.5 Å². The third kappa shape index (κ3) is 1.88. The Morgan fingerprint density at radius 1 is 1.56 bits per heavy atom. The molecule has 1 aliphatic heterocycles. The number of halogens is 1. The lowest BCUT2D eigenvalue weighted by Gasteiger charge is -2.12. The summed E-state index contributed by atoms with van der Waals surface area (Å²) in [5.74, 6) is -1.28. The zero-order valence-electron chi connectivity index (χ0n) is 9.05. The number of carbonyl (C=O) groups excluding carboxylic acids is 2. The second kappa shape index (κ2) is 4.26. The molecule has 0 unspecified atom stereocenters. The Kier molecular flexibility index (Phi) is 2.92. The van der Waals surface area contributed by atoms with Crippen LogP contribution in [0.15, 0.2) is 12.1 Å². The minimum absolute atomic E-state index is 0.0532. The largest absolute Gasteiger partial charge is 0.368 e. The Labute approximate surface area is 106 Å². The molecular formula is C10H8ClN3O4. The highest BCUT2D eigenvalue weighted by atomic mass is 35.5. The van der Waals surface area contributed by atoms with Crippen molar-refractivity contribution < 1.29 is 14.5 Å². The van der Waals surface area contributed by atoms with Crippen LogP contribution in [0.1, 0.15) is 15.9 Å². The highest BCUT2D eigenvalue weighted by molar-refractivity contribution is 6.32. The van der Waals surface area contributed by atoms with E-state index >= 15 is 0 Å². The Hall–Kier alpha value is -2.15. The number of fused-ring (bicyclic) bond motifs is 1. The molecule has 7 nitrogen and oxygen atoms in total. The van der Waals surface area contributed by atoms with E-state index in [1.165, 1.54) is 12.1 Å². The van der Waals surface area contributed by atoms with Crippen molar-refractivity contribution in [1.29, 1.82) is 0 Å². The smallest absolute Gasteiger partial charge is 0.282 e. The summed E-state index contributed by atoms with van der Waals surface area (Å²) in [6.07, 6.45) is 0. The van der Waals surface area contributed by atoms with Gasteiger partial charge in [0.2, 0.25) is 5.91 Å². The van der Waals surface area contributed by atoms with Gasteiger partial charge in [0, 0.05) is 23.2 Å². The minimum atomic E-state index is -0.685. The van der Waals surface area contributed by atoms with E-state index in [1.54, 1.807) is 0 Å². The zero-order chi connectivity index (χ0) is 13.4. The van der Waals surface area contributed by atoms with Crippen molar-refractivity contribution in [2.24, 2.45) is 5.73 Å². The van der Waals surface area contributed by atoms with Crippen molar-refractivity contribution >= 4 is 29.1 Å². The quantitative estimate of drug-likeness (QED) is 0.643. The van der Waals surface area contributed by atoms with Gasteiger partial charge in [0.1, 0.15) is 5.56 Å². The summed E-state index contributed by atoms with van der Waals surface area (Å²) in [5.41, 5.74) is 4.99. The standard InChI is InChI=1S/C10H8ClN3O4/c11-6-1-2-7(14(17)18)9-5(6)3-13(10(9)16)4-8(12)15/h1-2H,3-4H2,(H2,12,15). The van der Waals surface area contributed by atoms with Crippen LogP contribution in [0.2, 0.25) is 5.02 Å². The van der Waals surface area contributed by atoms with Crippen molar-refractivity contribution in [1.82, 2.24) is 4.90 Å². The Morgan fingerprint density at radius 2 is 2.22 bits per heavy atom. The molecule has 0 aliphatic carbocycles. The summed E-state index contributed by atoms with van der Waals surface area (Å²) < 4.78 is 0. The molecule has 8 heteroatoms. The topological polar surface area (TPSA) is 107 Å². The predicted octanol–water partition coefficient (Wildman–Crippen LogP) is 0.689. The lowest BCUT2D eigenvalue weighted by atomic mass is 10.1. The summed E-state index contributed by atoms with van der Waals surface area (Å²) in [7, 11) is 0. The SMILES string of the molecule is NC(=O)CN1Cc2c(Cl)ccc([N+](=O)[O-])c2C1=O. The van der Waals surface area contributed by atoms with E-state index in [0.29, 0.717) is 5.56 Å². The first-order chi connectivity index (χ1) is 8.41. The fraction of sp³-hybridized carbons (Fsp3) is 0.200. The molecule has 0 radical (unpaired) electrons. The first-order valence-corrected chi connectivity index (χ1v) is 5.33. The van der Waals surface area contributed by atoms with Crippen LogP contribution < -0.4 is 5.73 Å². The molecule has 0 saturated heterocycles. The number of nitrogens with zero attached hydrogens (tertiary/aromatic N) is 2. The molecule has 2 amide bonds. The Balaban J connectivity index is 2.50. The molecule has 0 bridgehead atoms. The maximum absolute atomic E-state index is 12.0. The second-order valence-corrected chi connectivity index (χ2v) is 4.21. The zero-order valence-corrected chi connectivity index (χ0v) is 9.81. The summed E-state index contributed by atoms with van der Waals surface area (Å²) in [6, 6.07) is 2.53. The van der Waals surface area contributed by atoms with Crippen LogP contribution in [0.5, 0.6) is 0 Å². The van der Waals surface area contributed by atoms with Crippen LogP contribution in [0.4, 0.5) is 5.69 Å². The highest BCUT2D eigenvalue weighted by Crippen LogP contribution is 2.35. The number of rotatable bonds is 3.